The first-order valence-electron chi connectivity index (χ1n) is 6.61. The van der Waals surface area contributed by atoms with E-state index < -0.39 is 10.2 Å². The quantitative estimate of drug-likeness (QED) is 0.400. The molecule has 5 heteroatoms. The van der Waals surface area contributed by atoms with E-state index in [1.54, 1.807) is 18.7 Å². The van der Waals surface area contributed by atoms with Crippen molar-refractivity contribution in [1.29, 1.82) is 0 Å². The van der Waals surface area contributed by atoms with Crippen LogP contribution in [0.1, 0.15) is 26.7 Å². The minimum atomic E-state index is -0.653. The number of ketones is 1. The molecule has 1 fully saturated rings. The number of alkyl halides is 1. The number of piperidine rings is 1. The zero-order chi connectivity index (χ0) is 14.9. The zero-order valence-electron chi connectivity index (χ0n) is 11.5. The summed E-state index contributed by atoms with van der Waals surface area (Å²) in [6, 6.07) is 7.78. The topological polar surface area (TPSA) is 37.4 Å². The zero-order valence-corrected chi connectivity index (χ0v) is 15.3. The van der Waals surface area contributed by atoms with E-state index in [1.807, 2.05) is 24.3 Å². The number of hydrogen-bond acceptors (Lipinski definition) is 2. The Morgan fingerprint density at radius 3 is 2.65 bits per heavy atom. The first-order valence-corrected chi connectivity index (χ1v) is 8.48. The van der Waals surface area contributed by atoms with Crippen LogP contribution in [0.2, 0.25) is 0 Å². The van der Waals surface area contributed by atoms with Crippen molar-refractivity contribution in [3.8, 4) is 0 Å². The van der Waals surface area contributed by atoms with Gasteiger partial charge in [-0.2, -0.15) is 0 Å². The van der Waals surface area contributed by atoms with Crippen molar-refractivity contribution >= 4 is 55.9 Å². The molecular weight excluding hydrogens is 433 g/mol. The smallest absolute Gasteiger partial charge is 0.237 e. The molecule has 2 rings (SSSR count). The summed E-state index contributed by atoms with van der Waals surface area (Å²) >= 11 is 5.60. The molecule has 1 aliphatic rings. The van der Waals surface area contributed by atoms with Gasteiger partial charge in [0.05, 0.1) is 15.9 Å². The molecule has 0 saturated carbocycles. The predicted octanol–water partition coefficient (Wildman–Crippen LogP) is 3.78. The average Bonchev–Trinajstić information content (AvgIpc) is 2.38. The molecule has 1 aromatic rings. The van der Waals surface area contributed by atoms with Gasteiger partial charge in [-0.1, -0.05) is 28.1 Å². The Bertz CT molecular complexity index is 539. The lowest BCUT2D eigenvalue weighted by Crippen LogP contribution is -2.48. The molecule has 1 atom stereocenters. The van der Waals surface area contributed by atoms with Crippen molar-refractivity contribution in [3.63, 3.8) is 0 Å². The Balaban J connectivity index is 2.28. The normalized spacial score (nSPS) is 20.1. The Morgan fingerprint density at radius 2 is 2.05 bits per heavy atom. The molecule has 1 aliphatic heterocycles. The molecule has 0 spiro atoms. The molecule has 20 heavy (non-hydrogen) atoms. The highest BCUT2D eigenvalue weighted by atomic mass is 127. The van der Waals surface area contributed by atoms with E-state index >= 15 is 0 Å². The number of Topliss-reactive ketones (excluding diaryl/α,β-unsaturated/α-hetero) is 1. The maximum Gasteiger partial charge on any atom is 0.237 e. The highest BCUT2D eigenvalue weighted by Gasteiger charge is 2.40. The van der Waals surface area contributed by atoms with Gasteiger partial charge in [0.2, 0.25) is 5.91 Å². The van der Waals surface area contributed by atoms with E-state index in [9.17, 15) is 9.59 Å². The molecule has 1 heterocycles. The van der Waals surface area contributed by atoms with Gasteiger partial charge in [0, 0.05) is 10.1 Å². The summed E-state index contributed by atoms with van der Waals surface area (Å²) in [5, 5.41) is 0. The minimum absolute atomic E-state index is 0.0295. The largest absolute Gasteiger partial charge is 0.311 e. The van der Waals surface area contributed by atoms with Gasteiger partial charge in [-0.05, 0) is 61.4 Å². The van der Waals surface area contributed by atoms with Crippen LogP contribution in [-0.2, 0) is 9.59 Å². The van der Waals surface area contributed by atoms with Gasteiger partial charge in [0.25, 0.3) is 0 Å². The number of anilines is 1. The summed E-state index contributed by atoms with van der Waals surface area (Å²) in [7, 11) is 0. The van der Waals surface area contributed by atoms with Crippen LogP contribution in [-0.4, -0.2) is 22.6 Å². The fourth-order valence-corrected chi connectivity index (χ4v) is 3.40. The van der Waals surface area contributed by atoms with Crippen LogP contribution >= 0.6 is 38.5 Å². The van der Waals surface area contributed by atoms with Crippen molar-refractivity contribution in [2.24, 2.45) is 5.92 Å². The van der Waals surface area contributed by atoms with Crippen molar-refractivity contribution < 1.29 is 9.59 Å². The molecule has 1 saturated heterocycles. The lowest BCUT2D eigenvalue weighted by atomic mass is 9.87. The van der Waals surface area contributed by atoms with Crippen molar-refractivity contribution in [3.05, 3.63) is 27.8 Å². The van der Waals surface area contributed by atoms with Crippen LogP contribution < -0.4 is 4.90 Å². The van der Waals surface area contributed by atoms with Crippen LogP contribution in [0.25, 0.3) is 0 Å². The van der Waals surface area contributed by atoms with Crippen molar-refractivity contribution in [2.45, 2.75) is 31.0 Å². The molecule has 108 valence electrons. The van der Waals surface area contributed by atoms with Crippen molar-refractivity contribution in [2.75, 3.05) is 11.4 Å². The third kappa shape index (κ3) is 3.24. The molecule has 0 aliphatic carbocycles. The van der Waals surface area contributed by atoms with Crippen LogP contribution in [0.4, 0.5) is 5.69 Å². The Hall–Kier alpha value is -0.430. The third-order valence-electron chi connectivity index (χ3n) is 3.48. The van der Waals surface area contributed by atoms with Gasteiger partial charge in [-0.3, -0.25) is 9.59 Å². The Kier molecular flexibility index (Phi) is 4.89. The second-order valence-corrected chi connectivity index (χ2v) is 8.62. The van der Waals surface area contributed by atoms with E-state index in [1.165, 1.54) is 0 Å². The fourth-order valence-electron chi connectivity index (χ4n) is 2.44. The molecule has 0 radical (unpaired) electrons. The fraction of sp³-hybridized carbons (Fsp3) is 0.467. The van der Waals surface area contributed by atoms with Crippen LogP contribution in [0.5, 0.6) is 0 Å². The highest BCUT2D eigenvalue weighted by Crippen LogP contribution is 2.32. The molecule has 0 aromatic heterocycles. The van der Waals surface area contributed by atoms with Gasteiger partial charge in [-0.25, -0.2) is 0 Å². The second kappa shape index (κ2) is 6.13. The lowest BCUT2D eigenvalue weighted by molar-refractivity contribution is -0.134. The molecule has 0 N–H and O–H groups in total. The second-order valence-electron chi connectivity index (χ2n) is 5.47. The molecule has 0 unspecified atom stereocenters. The van der Waals surface area contributed by atoms with E-state index in [-0.39, 0.29) is 11.7 Å². The first kappa shape index (κ1) is 15.9. The van der Waals surface area contributed by atoms with Crippen LogP contribution in [0.3, 0.4) is 0 Å². The average molecular weight is 450 g/mol. The number of nitrogens with zero attached hydrogens (tertiary/aromatic N) is 1. The molecule has 1 aromatic carbocycles. The number of halogens is 2. The summed E-state index contributed by atoms with van der Waals surface area (Å²) in [6.45, 7) is 4.28. The SMILES string of the molecule is CC(C)(Br)C(=O)[C@@H]1CCCN(c2ccccc2I)C1=O. The summed E-state index contributed by atoms with van der Waals surface area (Å²) in [4.78, 5) is 26.8. The highest BCUT2D eigenvalue weighted by molar-refractivity contribution is 14.1. The minimum Gasteiger partial charge on any atom is -0.311 e. The summed E-state index contributed by atoms with van der Waals surface area (Å²) < 4.78 is 0.379. The molecule has 1 amide bonds. The number of carbonyl (C=O) groups excluding carboxylic acids is 2. The molecular formula is C15H17BrINO2. The lowest BCUT2D eigenvalue weighted by Gasteiger charge is -2.34. The number of hydrogen-bond donors (Lipinski definition) is 0. The number of benzene rings is 1. The number of rotatable bonds is 3. The predicted molar refractivity (Wildman–Crippen MR) is 92.2 cm³/mol. The number of carbonyl (C=O) groups is 2. The summed E-state index contributed by atoms with van der Waals surface area (Å²) in [5.74, 6) is -0.634. The summed E-state index contributed by atoms with van der Waals surface area (Å²) in [5.41, 5.74) is 0.906. The van der Waals surface area contributed by atoms with E-state index in [0.717, 1.165) is 15.7 Å². The van der Waals surface area contributed by atoms with E-state index in [0.29, 0.717) is 13.0 Å². The Morgan fingerprint density at radius 1 is 1.40 bits per heavy atom. The van der Waals surface area contributed by atoms with Crippen LogP contribution in [0.15, 0.2) is 24.3 Å². The van der Waals surface area contributed by atoms with Gasteiger partial charge in [0.1, 0.15) is 0 Å². The maximum absolute atomic E-state index is 12.6. The monoisotopic (exact) mass is 449 g/mol. The van der Waals surface area contributed by atoms with E-state index in [2.05, 4.69) is 38.5 Å². The standard InChI is InChI=1S/C15H17BrINO2/c1-15(2,16)13(19)10-6-5-9-18(14(10)20)12-8-4-3-7-11(12)17/h3-4,7-8,10H,5-6,9H2,1-2H3/t10-/m0/s1. The summed E-state index contributed by atoms with van der Waals surface area (Å²) in [6.07, 6.45) is 1.50. The molecule has 0 bridgehead atoms. The number of amides is 1. The van der Waals surface area contributed by atoms with Crippen LogP contribution in [0, 0.1) is 9.49 Å². The van der Waals surface area contributed by atoms with E-state index in [4.69, 9.17) is 0 Å². The number of para-hydroxylation sites is 1. The van der Waals surface area contributed by atoms with Gasteiger partial charge < -0.3 is 4.90 Å². The molecule has 3 nitrogen and oxygen atoms in total. The van der Waals surface area contributed by atoms with Gasteiger partial charge >= 0.3 is 0 Å². The Labute approximate surface area is 141 Å². The first-order chi connectivity index (χ1) is 9.32. The van der Waals surface area contributed by atoms with Gasteiger partial charge in [-0.15, -0.1) is 0 Å². The van der Waals surface area contributed by atoms with Gasteiger partial charge in [0.15, 0.2) is 5.78 Å². The van der Waals surface area contributed by atoms with Crippen molar-refractivity contribution in [1.82, 2.24) is 0 Å². The third-order valence-corrected chi connectivity index (χ3v) is 4.79. The maximum atomic E-state index is 12.6.